The van der Waals surface area contributed by atoms with Gasteiger partial charge in [-0.1, -0.05) is 6.92 Å². The van der Waals surface area contributed by atoms with Gasteiger partial charge in [-0.2, -0.15) is 0 Å². The SMILES string of the molecule is CCNCCC1(Oc2cc(C)[nH]n2)CCC1. The van der Waals surface area contributed by atoms with Crippen LogP contribution < -0.4 is 10.1 Å². The number of aromatic nitrogens is 2. The van der Waals surface area contributed by atoms with Crippen molar-refractivity contribution in [1.82, 2.24) is 15.5 Å². The van der Waals surface area contributed by atoms with Gasteiger partial charge >= 0.3 is 0 Å². The lowest BCUT2D eigenvalue weighted by atomic mass is 9.77. The van der Waals surface area contributed by atoms with Gasteiger partial charge in [0, 0.05) is 11.8 Å². The monoisotopic (exact) mass is 223 g/mol. The van der Waals surface area contributed by atoms with E-state index in [1.165, 1.54) is 6.42 Å². The highest BCUT2D eigenvalue weighted by atomic mass is 16.5. The largest absolute Gasteiger partial charge is 0.470 e. The van der Waals surface area contributed by atoms with Crippen LogP contribution in [0.15, 0.2) is 6.07 Å². The standard InChI is InChI=1S/C12H21N3O/c1-3-13-8-7-12(5-4-6-12)16-11-9-10(2)14-15-11/h9,13H,3-8H2,1-2H3,(H,14,15). The number of H-pyrrole nitrogens is 1. The molecule has 2 rings (SSSR count). The molecule has 1 aromatic rings. The van der Waals surface area contributed by atoms with Gasteiger partial charge in [-0.25, -0.2) is 0 Å². The Morgan fingerprint density at radius 1 is 1.56 bits per heavy atom. The summed E-state index contributed by atoms with van der Waals surface area (Å²) in [7, 11) is 0. The van der Waals surface area contributed by atoms with Crippen molar-refractivity contribution in [3.63, 3.8) is 0 Å². The molecular weight excluding hydrogens is 202 g/mol. The number of rotatable bonds is 6. The first-order chi connectivity index (χ1) is 7.74. The summed E-state index contributed by atoms with van der Waals surface area (Å²) in [6.45, 7) is 6.18. The van der Waals surface area contributed by atoms with Crippen LogP contribution in [0.3, 0.4) is 0 Å². The average molecular weight is 223 g/mol. The number of hydrogen-bond acceptors (Lipinski definition) is 3. The molecule has 1 aliphatic rings. The molecule has 4 nitrogen and oxygen atoms in total. The minimum absolute atomic E-state index is 0.0454. The van der Waals surface area contributed by atoms with E-state index in [2.05, 4.69) is 22.4 Å². The van der Waals surface area contributed by atoms with Gasteiger partial charge in [0.05, 0.1) is 0 Å². The smallest absolute Gasteiger partial charge is 0.233 e. The van der Waals surface area contributed by atoms with Crippen LogP contribution in [0.4, 0.5) is 0 Å². The number of hydrogen-bond donors (Lipinski definition) is 2. The summed E-state index contributed by atoms with van der Waals surface area (Å²) in [6.07, 6.45) is 4.66. The van der Waals surface area contributed by atoms with Crippen LogP contribution in [0.1, 0.15) is 38.3 Å². The molecule has 1 aromatic heterocycles. The highest BCUT2D eigenvalue weighted by Crippen LogP contribution is 2.38. The lowest BCUT2D eigenvalue weighted by Crippen LogP contribution is -2.45. The Bertz CT molecular complexity index is 331. The molecule has 90 valence electrons. The van der Waals surface area contributed by atoms with Crippen molar-refractivity contribution in [2.24, 2.45) is 0 Å². The van der Waals surface area contributed by atoms with E-state index in [0.29, 0.717) is 0 Å². The zero-order valence-electron chi connectivity index (χ0n) is 10.2. The van der Waals surface area contributed by atoms with Gasteiger partial charge in [0.15, 0.2) is 0 Å². The quantitative estimate of drug-likeness (QED) is 0.725. The third-order valence-electron chi connectivity index (χ3n) is 3.28. The summed E-state index contributed by atoms with van der Waals surface area (Å²) in [5, 5.41) is 10.4. The molecule has 0 aliphatic heterocycles. The van der Waals surface area contributed by atoms with Crippen LogP contribution in [-0.4, -0.2) is 28.9 Å². The Morgan fingerprint density at radius 2 is 2.38 bits per heavy atom. The number of nitrogens with one attached hydrogen (secondary N) is 2. The van der Waals surface area contributed by atoms with Gasteiger partial charge in [-0.15, -0.1) is 5.10 Å². The van der Waals surface area contributed by atoms with Crippen molar-refractivity contribution in [2.75, 3.05) is 13.1 Å². The Labute approximate surface area is 96.8 Å². The predicted octanol–water partition coefficient (Wildman–Crippen LogP) is 2.02. The molecule has 0 atom stereocenters. The molecule has 1 saturated carbocycles. The molecule has 0 saturated heterocycles. The second-order valence-corrected chi connectivity index (χ2v) is 4.63. The van der Waals surface area contributed by atoms with Crippen molar-refractivity contribution in [2.45, 2.75) is 45.1 Å². The molecule has 1 fully saturated rings. The van der Waals surface area contributed by atoms with E-state index in [0.717, 1.165) is 43.9 Å². The molecule has 1 aliphatic carbocycles. The van der Waals surface area contributed by atoms with Gasteiger partial charge in [0.25, 0.3) is 0 Å². The molecule has 4 heteroatoms. The Morgan fingerprint density at radius 3 is 2.88 bits per heavy atom. The summed E-state index contributed by atoms with van der Waals surface area (Å²) < 4.78 is 6.02. The maximum atomic E-state index is 6.02. The lowest BCUT2D eigenvalue weighted by molar-refractivity contribution is -0.0178. The van der Waals surface area contributed by atoms with Crippen molar-refractivity contribution in [3.8, 4) is 5.88 Å². The lowest BCUT2D eigenvalue weighted by Gasteiger charge is -2.41. The van der Waals surface area contributed by atoms with Crippen LogP contribution in [0.2, 0.25) is 0 Å². The summed E-state index contributed by atoms with van der Waals surface area (Å²) in [5.41, 5.74) is 1.10. The zero-order chi connectivity index (χ0) is 11.4. The van der Waals surface area contributed by atoms with E-state index in [1.54, 1.807) is 0 Å². The minimum atomic E-state index is 0.0454. The molecule has 16 heavy (non-hydrogen) atoms. The zero-order valence-corrected chi connectivity index (χ0v) is 10.2. The third kappa shape index (κ3) is 2.55. The minimum Gasteiger partial charge on any atom is -0.470 e. The van der Waals surface area contributed by atoms with Crippen molar-refractivity contribution in [3.05, 3.63) is 11.8 Å². The summed E-state index contributed by atoms with van der Waals surface area (Å²) in [6, 6.07) is 1.97. The maximum Gasteiger partial charge on any atom is 0.233 e. The van der Waals surface area contributed by atoms with Crippen molar-refractivity contribution in [1.29, 1.82) is 0 Å². The number of aryl methyl sites for hydroxylation is 1. The van der Waals surface area contributed by atoms with E-state index in [1.807, 2.05) is 13.0 Å². The fourth-order valence-corrected chi connectivity index (χ4v) is 2.13. The van der Waals surface area contributed by atoms with Gasteiger partial charge in [0.2, 0.25) is 5.88 Å². The summed E-state index contributed by atoms with van der Waals surface area (Å²) in [5.74, 6) is 0.744. The second kappa shape index (κ2) is 4.87. The first-order valence-electron chi connectivity index (χ1n) is 6.16. The van der Waals surface area contributed by atoms with E-state index in [-0.39, 0.29) is 5.60 Å². The van der Waals surface area contributed by atoms with E-state index in [4.69, 9.17) is 4.74 Å². The fraction of sp³-hybridized carbons (Fsp3) is 0.750. The van der Waals surface area contributed by atoms with Gasteiger partial charge in [-0.05, 0) is 45.7 Å². The van der Waals surface area contributed by atoms with Crippen molar-refractivity contribution >= 4 is 0 Å². The molecule has 0 amide bonds. The van der Waals surface area contributed by atoms with E-state index >= 15 is 0 Å². The highest BCUT2D eigenvalue weighted by molar-refractivity contribution is 5.14. The Kier molecular flexibility index (Phi) is 3.49. The first kappa shape index (κ1) is 11.5. The number of aromatic amines is 1. The van der Waals surface area contributed by atoms with Crippen LogP contribution in [-0.2, 0) is 0 Å². The molecule has 0 spiro atoms. The second-order valence-electron chi connectivity index (χ2n) is 4.63. The molecule has 0 bridgehead atoms. The fourth-order valence-electron chi connectivity index (χ4n) is 2.13. The van der Waals surface area contributed by atoms with Gasteiger partial charge < -0.3 is 10.1 Å². The molecule has 0 radical (unpaired) electrons. The average Bonchev–Trinajstić information content (AvgIpc) is 2.60. The van der Waals surface area contributed by atoms with E-state index < -0.39 is 0 Å². The Hall–Kier alpha value is -1.03. The Balaban J connectivity index is 1.89. The highest BCUT2D eigenvalue weighted by Gasteiger charge is 2.39. The first-order valence-corrected chi connectivity index (χ1v) is 6.16. The van der Waals surface area contributed by atoms with Gasteiger partial charge in [0.1, 0.15) is 5.60 Å². The normalized spacial score (nSPS) is 18.1. The van der Waals surface area contributed by atoms with Crippen LogP contribution in [0, 0.1) is 6.92 Å². The summed E-state index contributed by atoms with van der Waals surface area (Å²) >= 11 is 0. The van der Waals surface area contributed by atoms with Crippen LogP contribution in [0.5, 0.6) is 5.88 Å². The molecule has 0 unspecified atom stereocenters. The van der Waals surface area contributed by atoms with Crippen molar-refractivity contribution < 1.29 is 4.74 Å². The number of ether oxygens (including phenoxy) is 1. The predicted molar refractivity (Wildman–Crippen MR) is 63.7 cm³/mol. The number of nitrogens with zero attached hydrogens (tertiary/aromatic N) is 1. The molecule has 1 heterocycles. The van der Waals surface area contributed by atoms with E-state index in [9.17, 15) is 0 Å². The molecule has 2 N–H and O–H groups in total. The van der Waals surface area contributed by atoms with Gasteiger partial charge in [-0.3, -0.25) is 5.10 Å². The van der Waals surface area contributed by atoms with Crippen LogP contribution >= 0.6 is 0 Å². The third-order valence-corrected chi connectivity index (χ3v) is 3.28. The summed E-state index contributed by atoms with van der Waals surface area (Å²) in [4.78, 5) is 0. The topological polar surface area (TPSA) is 49.9 Å². The molecule has 0 aromatic carbocycles. The maximum absolute atomic E-state index is 6.02. The van der Waals surface area contributed by atoms with Crippen LogP contribution in [0.25, 0.3) is 0 Å². The molecular formula is C12H21N3O.